The summed E-state index contributed by atoms with van der Waals surface area (Å²) in [4.78, 5) is 13.2. The third-order valence-electron chi connectivity index (χ3n) is 4.75. The minimum Gasteiger partial charge on any atom is -0.748 e. The summed E-state index contributed by atoms with van der Waals surface area (Å²) < 4.78 is 31.7. The summed E-state index contributed by atoms with van der Waals surface area (Å²) in [6.45, 7) is 2.23. The minimum atomic E-state index is -4.25. The second-order valence-electron chi connectivity index (χ2n) is 7.41. The van der Waals surface area contributed by atoms with Crippen molar-refractivity contribution >= 4 is 16.0 Å². The molecule has 0 atom stereocenters. The Bertz CT molecular complexity index is 495. The number of rotatable bonds is 18. The van der Waals surface area contributed by atoms with Gasteiger partial charge in [0.05, 0.1) is 15.9 Å². The summed E-state index contributed by atoms with van der Waals surface area (Å²) in [5, 5.41) is 0. The summed E-state index contributed by atoms with van der Waals surface area (Å²) in [7, 11) is -2.71. The molecule has 0 aromatic rings. The average molecular weight is 426 g/mol. The van der Waals surface area contributed by atoms with Gasteiger partial charge in [-0.2, -0.15) is 0 Å². The molecule has 28 heavy (non-hydrogen) atoms. The average Bonchev–Trinajstić information content (AvgIpc) is 2.62. The number of hydrogen-bond donors (Lipinski definition) is 0. The Labute approximate surface area is 195 Å². The van der Waals surface area contributed by atoms with Crippen LogP contribution in [0.2, 0.25) is 0 Å². The predicted molar refractivity (Wildman–Crippen MR) is 112 cm³/mol. The Morgan fingerprint density at radius 2 is 1.32 bits per heavy atom. The van der Waals surface area contributed by atoms with Gasteiger partial charge in [0.1, 0.15) is 0 Å². The minimum absolute atomic E-state index is 0. The molecule has 160 valence electrons. The van der Waals surface area contributed by atoms with E-state index in [2.05, 4.69) is 19.1 Å². The molecule has 0 aliphatic rings. The van der Waals surface area contributed by atoms with Gasteiger partial charge in [-0.15, -0.1) is 0 Å². The van der Waals surface area contributed by atoms with Crippen molar-refractivity contribution in [3.63, 3.8) is 0 Å². The topological polar surface area (TPSA) is 77.5 Å². The number of carbonyl (C=O) groups excluding carboxylic acids is 1. The van der Waals surface area contributed by atoms with Crippen LogP contribution in [0.5, 0.6) is 0 Å². The molecule has 0 heterocycles. The normalized spacial score (nSPS) is 11.5. The van der Waals surface area contributed by atoms with E-state index in [1.807, 2.05) is 0 Å². The summed E-state index contributed by atoms with van der Waals surface area (Å²) in [6.07, 6.45) is 20.8. The summed E-state index contributed by atoms with van der Waals surface area (Å²) in [5.74, 6) is -0.599. The van der Waals surface area contributed by atoms with Crippen LogP contribution >= 0.6 is 0 Å². The van der Waals surface area contributed by atoms with Crippen molar-refractivity contribution in [3.8, 4) is 0 Å². The fraction of sp³-hybridized carbons (Fsp3) is 0.857. The van der Waals surface area contributed by atoms with Crippen LogP contribution in [0.25, 0.3) is 0 Å². The van der Waals surface area contributed by atoms with E-state index >= 15 is 0 Å². The third kappa shape index (κ3) is 22.4. The molecule has 0 unspecified atom stereocenters. The van der Waals surface area contributed by atoms with Gasteiger partial charge < -0.3 is 9.45 Å². The number of amides is 1. The molecule has 7 heteroatoms. The van der Waals surface area contributed by atoms with Crippen molar-refractivity contribution in [1.82, 2.24) is 4.90 Å². The first-order valence-electron chi connectivity index (χ1n) is 10.7. The van der Waals surface area contributed by atoms with Crippen LogP contribution in [-0.2, 0) is 14.9 Å². The monoisotopic (exact) mass is 425 g/mol. The second-order valence-corrected chi connectivity index (χ2v) is 8.93. The standard InChI is InChI=1S/C21H41NO4S.Na/c1-3-4-5-6-7-8-9-10-11-12-13-14-15-16-17-18-21(23)22(2)19-20-27(24,25)26;/h10-11H,3-9,12-20H2,1-2H3,(H,24,25,26);/q;+1/p-1/b11-10-;. The predicted octanol–water partition coefficient (Wildman–Crippen LogP) is 2.03. The van der Waals surface area contributed by atoms with Gasteiger partial charge in [0.15, 0.2) is 0 Å². The molecule has 0 rings (SSSR count). The molecule has 5 nitrogen and oxygen atoms in total. The van der Waals surface area contributed by atoms with E-state index in [0.717, 1.165) is 25.7 Å². The van der Waals surface area contributed by atoms with Gasteiger partial charge in [0, 0.05) is 20.0 Å². The first-order chi connectivity index (χ1) is 12.9. The number of unbranched alkanes of at least 4 members (excludes halogenated alkanes) is 11. The van der Waals surface area contributed by atoms with E-state index in [4.69, 9.17) is 0 Å². The third-order valence-corrected chi connectivity index (χ3v) is 5.44. The van der Waals surface area contributed by atoms with E-state index in [0.29, 0.717) is 6.42 Å². The Kier molecular flexibility index (Phi) is 22.1. The molecule has 1 amide bonds. The van der Waals surface area contributed by atoms with Gasteiger partial charge in [-0.05, 0) is 32.1 Å². The number of hydrogen-bond acceptors (Lipinski definition) is 4. The molecule has 0 aliphatic heterocycles. The van der Waals surface area contributed by atoms with Gasteiger partial charge in [-0.1, -0.05) is 70.4 Å². The van der Waals surface area contributed by atoms with E-state index in [9.17, 15) is 17.8 Å². The maximum atomic E-state index is 11.8. The van der Waals surface area contributed by atoms with Gasteiger partial charge in [-0.3, -0.25) is 4.79 Å². The molecule has 0 aliphatic carbocycles. The quantitative estimate of drug-likeness (QED) is 0.146. The SMILES string of the molecule is CCCCCCCC/C=C\CCCCCCCC(=O)N(C)CCS(=O)(=O)[O-].[Na+]. The number of nitrogens with zero attached hydrogens (tertiary/aromatic N) is 1. The van der Waals surface area contributed by atoms with Crippen molar-refractivity contribution < 1.29 is 47.3 Å². The van der Waals surface area contributed by atoms with Crippen LogP contribution in [0.3, 0.4) is 0 Å². The summed E-state index contributed by atoms with van der Waals surface area (Å²) in [5.41, 5.74) is 0. The van der Waals surface area contributed by atoms with Gasteiger partial charge in [-0.25, -0.2) is 8.42 Å². The largest absolute Gasteiger partial charge is 1.00 e. The van der Waals surface area contributed by atoms with Crippen molar-refractivity contribution in [2.75, 3.05) is 19.3 Å². The van der Waals surface area contributed by atoms with Gasteiger partial charge in [0.25, 0.3) is 0 Å². The van der Waals surface area contributed by atoms with Crippen LogP contribution < -0.4 is 29.6 Å². The molecule has 0 fully saturated rings. The van der Waals surface area contributed by atoms with Crippen LogP contribution in [0.4, 0.5) is 0 Å². The summed E-state index contributed by atoms with van der Waals surface area (Å²) >= 11 is 0. The first kappa shape index (κ1) is 30.3. The molecule has 0 bridgehead atoms. The van der Waals surface area contributed by atoms with E-state index in [-0.39, 0.29) is 42.0 Å². The molecule has 0 saturated carbocycles. The fourth-order valence-corrected chi connectivity index (χ4v) is 3.41. The van der Waals surface area contributed by atoms with Crippen LogP contribution in [0.15, 0.2) is 12.2 Å². The van der Waals surface area contributed by atoms with Crippen LogP contribution in [0, 0.1) is 0 Å². The van der Waals surface area contributed by atoms with Crippen molar-refractivity contribution in [2.45, 2.75) is 96.8 Å². The molecule has 0 N–H and O–H groups in total. The Morgan fingerprint density at radius 3 is 1.82 bits per heavy atom. The first-order valence-corrected chi connectivity index (χ1v) is 12.3. The molecule has 0 spiro atoms. The Morgan fingerprint density at radius 1 is 0.857 bits per heavy atom. The maximum absolute atomic E-state index is 11.8. The molecule has 0 radical (unpaired) electrons. The smallest absolute Gasteiger partial charge is 0.748 e. The maximum Gasteiger partial charge on any atom is 1.00 e. The van der Waals surface area contributed by atoms with Gasteiger partial charge >= 0.3 is 29.6 Å². The van der Waals surface area contributed by atoms with Crippen molar-refractivity contribution in [2.24, 2.45) is 0 Å². The number of allylic oxidation sites excluding steroid dienone is 2. The van der Waals surface area contributed by atoms with Crippen molar-refractivity contribution in [3.05, 3.63) is 12.2 Å². The summed E-state index contributed by atoms with van der Waals surface area (Å²) in [6, 6.07) is 0. The van der Waals surface area contributed by atoms with Crippen molar-refractivity contribution in [1.29, 1.82) is 0 Å². The molecule has 0 aromatic heterocycles. The Hall–Kier alpha value is 0.120. The van der Waals surface area contributed by atoms with Crippen LogP contribution in [0.1, 0.15) is 96.8 Å². The van der Waals surface area contributed by atoms with Crippen LogP contribution in [-0.4, -0.2) is 43.1 Å². The second kappa shape index (κ2) is 20.4. The fourth-order valence-electron chi connectivity index (χ4n) is 2.91. The van der Waals surface area contributed by atoms with Gasteiger partial charge in [0.2, 0.25) is 5.91 Å². The van der Waals surface area contributed by atoms with E-state index in [1.54, 1.807) is 7.05 Å². The van der Waals surface area contributed by atoms with E-state index < -0.39 is 15.9 Å². The zero-order valence-electron chi connectivity index (χ0n) is 18.5. The molecule has 0 saturated heterocycles. The molecular weight excluding hydrogens is 385 g/mol. The number of carbonyl (C=O) groups is 1. The molecular formula is C21H40NNaO4S. The Balaban J connectivity index is 0. The zero-order chi connectivity index (χ0) is 20.4. The zero-order valence-corrected chi connectivity index (χ0v) is 21.3. The van der Waals surface area contributed by atoms with E-state index in [1.165, 1.54) is 62.7 Å². The molecule has 0 aromatic carbocycles.